The van der Waals surface area contributed by atoms with Crippen LogP contribution in [0.2, 0.25) is 0 Å². The number of methoxy groups -OCH3 is 1. The molecule has 0 aromatic heterocycles. The lowest BCUT2D eigenvalue weighted by Gasteiger charge is -2.31. The summed E-state index contributed by atoms with van der Waals surface area (Å²) in [6.45, 7) is 6.81. The predicted molar refractivity (Wildman–Crippen MR) is 70.1 cm³/mol. The number of hydrogen-bond donors (Lipinski definition) is 1. The minimum Gasteiger partial charge on any atom is -0.385 e. The Balaban J connectivity index is 1.91. The Morgan fingerprint density at radius 2 is 1.94 bits per heavy atom. The van der Waals surface area contributed by atoms with E-state index in [1.54, 1.807) is 7.11 Å². The molecule has 0 aromatic carbocycles. The van der Waals surface area contributed by atoms with E-state index >= 15 is 0 Å². The summed E-state index contributed by atoms with van der Waals surface area (Å²) in [5, 5.41) is 0. The maximum absolute atomic E-state index is 5.59. The maximum Gasteiger partial charge on any atom is 0.0593 e. The number of nitrogens with two attached hydrogens (primary N) is 1. The van der Waals surface area contributed by atoms with Crippen LogP contribution in [0.25, 0.3) is 0 Å². The van der Waals surface area contributed by atoms with E-state index in [0.29, 0.717) is 0 Å². The zero-order chi connectivity index (χ0) is 12.3. The van der Waals surface area contributed by atoms with Gasteiger partial charge in [0.1, 0.15) is 0 Å². The van der Waals surface area contributed by atoms with Crippen LogP contribution in [0.3, 0.4) is 0 Å². The van der Waals surface area contributed by atoms with Crippen molar-refractivity contribution in [3.05, 3.63) is 0 Å². The van der Waals surface area contributed by atoms with Crippen molar-refractivity contribution >= 4 is 0 Å². The molecule has 1 heterocycles. The summed E-state index contributed by atoms with van der Waals surface area (Å²) in [5.41, 5.74) is 5.59. The first kappa shape index (κ1) is 14.9. The molecule has 17 heavy (non-hydrogen) atoms. The molecular formula is C13H28N2O2. The molecule has 0 spiro atoms. The molecule has 0 atom stereocenters. The molecule has 0 saturated carbocycles. The van der Waals surface area contributed by atoms with E-state index in [1.807, 2.05) is 0 Å². The third-order valence-corrected chi connectivity index (χ3v) is 3.47. The summed E-state index contributed by atoms with van der Waals surface area (Å²) >= 11 is 0. The van der Waals surface area contributed by atoms with Crippen LogP contribution < -0.4 is 5.73 Å². The average Bonchev–Trinajstić information content (AvgIpc) is 2.36. The SMILES string of the molecule is COCCCOCCN1CCC(CCN)CC1. The van der Waals surface area contributed by atoms with Crippen molar-refractivity contribution in [2.75, 3.05) is 53.1 Å². The van der Waals surface area contributed by atoms with Crippen molar-refractivity contribution in [1.29, 1.82) is 0 Å². The van der Waals surface area contributed by atoms with Crippen LogP contribution in [0.4, 0.5) is 0 Å². The molecule has 0 aliphatic carbocycles. The minimum atomic E-state index is 0.796. The number of ether oxygens (including phenoxy) is 2. The van der Waals surface area contributed by atoms with Gasteiger partial charge in [-0.2, -0.15) is 0 Å². The van der Waals surface area contributed by atoms with E-state index in [2.05, 4.69) is 4.90 Å². The van der Waals surface area contributed by atoms with E-state index in [0.717, 1.165) is 45.2 Å². The summed E-state index contributed by atoms with van der Waals surface area (Å²) in [5.74, 6) is 0.860. The molecule has 1 saturated heterocycles. The first-order valence-electron chi connectivity index (χ1n) is 6.86. The molecule has 4 heteroatoms. The zero-order valence-corrected chi connectivity index (χ0v) is 11.2. The molecule has 2 N–H and O–H groups in total. The highest BCUT2D eigenvalue weighted by molar-refractivity contribution is 4.72. The molecule has 102 valence electrons. The van der Waals surface area contributed by atoms with Crippen LogP contribution in [-0.4, -0.2) is 58.0 Å². The first-order valence-corrected chi connectivity index (χ1v) is 6.86. The molecule has 0 aromatic rings. The first-order chi connectivity index (χ1) is 8.36. The van der Waals surface area contributed by atoms with Crippen LogP contribution in [0, 0.1) is 5.92 Å². The highest BCUT2D eigenvalue weighted by atomic mass is 16.5. The second-order valence-electron chi connectivity index (χ2n) is 4.82. The molecule has 0 bridgehead atoms. The van der Waals surface area contributed by atoms with Crippen LogP contribution in [0.15, 0.2) is 0 Å². The lowest BCUT2D eigenvalue weighted by Crippen LogP contribution is -2.36. The Labute approximate surface area is 105 Å². The molecule has 1 aliphatic heterocycles. The van der Waals surface area contributed by atoms with Gasteiger partial charge in [-0.25, -0.2) is 0 Å². The highest BCUT2D eigenvalue weighted by Gasteiger charge is 2.17. The Bertz CT molecular complexity index is 171. The van der Waals surface area contributed by atoms with Crippen molar-refractivity contribution in [2.45, 2.75) is 25.7 Å². The topological polar surface area (TPSA) is 47.7 Å². The third-order valence-electron chi connectivity index (χ3n) is 3.47. The fourth-order valence-electron chi connectivity index (χ4n) is 2.34. The van der Waals surface area contributed by atoms with Gasteiger partial charge in [0.25, 0.3) is 0 Å². The standard InChI is InChI=1S/C13H28N2O2/c1-16-10-2-11-17-12-9-15-7-4-13(3-6-14)5-8-15/h13H,2-12,14H2,1H3. The van der Waals surface area contributed by atoms with E-state index in [9.17, 15) is 0 Å². The fourth-order valence-corrected chi connectivity index (χ4v) is 2.34. The van der Waals surface area contributed by atoms with Crippen molar-refractivity contribution in [3.63, 3.8) is 0 Å². The molecule has 1 aliphatic rings. The number of rotatable bonds is 9. The van der Waals surface area contributed by atoms with E-state index in [-0.39, 0.29) is 0 Å². The number of nitrogens with zero attached hydrogens (tertiary/aromatic N) is 1. The van der Waals surface area contributed by atoms with Gasteiger partial charge in [0, 0.05) is 26.9 Å². The van der Waals surface area contributed by atoms with Gasteiger partial charge in [0.05, 0.1) is 6.61 Å². The average molecular weight is 244 g/mol. The van der Waals surface area contributed by atoms with E-state index in [1.165, 1.54) is 32.4 Å². The van der Waals surface area contributed by atoms with Crippen LogP contribution >= 0.6 is 0 Å². The quantitative estimate of drug-likeness (QED) is 0.617. The summed E-state index contributed by atoms with van der Waals surface area (Å²) in [6.07, 6.45) is 4.80. The monoisotopic (exact) mass is 244 g/mol. The van der Waals surface area contributed by atoms with Gasteiger partial charge in [-0.05, 0) is 51.2 Å². The van der Waals surface area contributed by atoms with Crippen LogP contribution in [0.5, 0.6) is 0 Å². The summed E-state index contributed by atoms with van der Waals surface area (Å²) in [6, 6.07) is 0. The van der Waals surface area contributed by atoms with Crippen LogP contribution in [0.1, 0.15) is 25.7 Å². The second-order valence-corrected chi connectivity index (χ2v) is 4.82. The molecule has 4 nitrogen and oxygen atoms in total. The largest absolute Gasteiger partial charge is 0.385 e. The van der Waals surface area contributed by atoms with Crippen molar-refractivity contribution in [3.8, 4) is 0 Å². The van der Waals surface area contributed by atoms with Crippen molar-refractivity contribution in [1.82, 2.24) is 4.90 Å². The van der Waals surface area contributed by atoms with E-state index in [4.69, 9.17) is 15.2 Å². The van der Waals surface area contributed by atoms with Gasteiger partial charge in [-0.1, -0.05) is 0 Å². The second kappa shape index (κ2) is 9.83. The van der Waals surface area contributed by atoms with Gasteiger partial charge >= 0.3 is 0 Å². The Hall–Kier alpha value is -0.160. The molecular weight excluding hydrogens is 216 g/mol. The summed E-state index contributed by atoms with van der Waals surface area (Å²) in [7, 11) is 1.73. The van der Waals surface area contributed by atoms with Crippen molar-refractivity contribution < 1.29 is 9.47 Å². The maximum atomic E-state index is 5.59. The number of piperidine rings is 1. The van der Waals surface area contributed by atoms with Crippen molar-refractivity contribution in [2.24, 2.45) is 11.7 Å². The van der Waals surface area contributed by atoms with Gasteiger partial charge < -0.3 is 20.1 Å². The Morgan fingerprint density at radius 3 is 2.59 bits per heavy atom. The molecule has 0 amide bonds. The lowest BCUT2D eigenvalue weighted by atomic mass is 9.94. The van der Waals surface area contributed by atoms with Gasteiger partial charge in [0.15, 0.2) is 0 Å². The fraction of sp³-hybridized carbons (Fsp3) is 1.00. The van der Waals surface area contributed by atoms with Gasteiger partial charge in [-0.15, -0.1) is 0 Å². The smallest absolute Gasteiger partial charge is 0.0593 e. The Kier molecular flexibility index (Phi) is 8.61. The molecule has 0 radical (unpaired) electrons. The summed E-state index contributed by atoms with van der Waals surface area (Å²) in [4.78, 5) is 2.50. The van der Waals surface area contributed by atoms with Crippen LogP contribution in [-0.2, 0) is 9.47 Å². The number of likely N-dealkylation sites (tertiary alicyclic amines) is 1. The lowest BCUT2D eigenvalue weighted by molar-refractivity contribution is 0.0734. The predicted octanol–water partition coefficient (Wildman–Crippen LogP) is 1.10. The molecule has 0 unspecified atom stereocenters. The molecule has 1 fully saturated rings. The normalized spacial score (nSPS) is 18.7. The van der Waals surface area contributed by atoms with Gasteiger partial charge in [-0.3, -0.25) is 0 Å². The Morgan fingerprint density at radius 1 is 1.18 bits per heavy atom. The number of hydrogen-bond acceptors (Lipinski definition) is 4. The van der Waals surface area contributed by atoms with E-state index < -0.39 is 0 Å². The van der Waals surface area contributed by atoms with Gasteiger partial charge in [0.2, 0.25) is 0 Å². The molecule has 1 rings (SSSR count). The minimum absolute atomic E-state index is 0.796. The highest BCUT2D eigenvalue weighted by Crippen LogP contribution is 2.19. The third kappa shape index (κ3) is 6.99. The zero-order valence-electron chi connectivity index (χ0n) is 11.2. The summed E-state index contributed by atoms with van der Waals surface area (Å²) < 4.78 is 10.5.